The van der Waals surface area contributed by atoms with Crippen LogP contribution in [-0.4, -0.2) is 6.10 Å². The Bertz CT molecular complexity index is 315. The highest BCUT2D eigenvalue weighted by atomic mass is 127. The minimum absolute atomic E-state index is 0.00789. The van der Waals surface area contributed by atoms with E-state index in [0.29, 0.717) is 9.32 Å². The van der Waals surface area contributed by atoms with Gasteiger partial charge in [0.25, 0.3) is 0 Å². The molecular formula is C9H9BrFIO. The lowest BCUT2D eigenvalue weighted by Crippen LogP contribution is -2.07. The summed E-state index contributed by atoms with van der Waals surface area (Å²) in [5.41, 5.74) is 0. The smallest absolute Gasteiger partial charge is 0.179 e. The Kier molecular flexibility index (Phi) is 3.97. The lowest BCUT2D eigenvalue weighted by molar-refractivity contribution is 0.230. The summed E-state index contributed by atoms with van der Waals surface area (Å²) in [5, 5.41) is 0. The summed E-state index contributed by atoms with van der Waals surface area (Å²) in [7, 11) is 0. The van der Waals surface area contributed by atoms with Crippen molar-refractivity contribution in [2.24, 2.45) is 0 Å². The van der Waals surface area contributed by atoms with Crippen molar-refractivity contribution in [3.63, 3.8) is 0 Å². The second kappa shape index (κ2) is 4.59. The van der Waals surface area contributed by atoms with Crippen molar-refractivity contribution in [1.29, 1.82) is 0 Å². The summed E-state index contributed by atoms with van der Waals surface area (Å²) in [6.07, 6.45) is -0.00789. The quantitative estimate of drug-likeness (QED) is 0.574. The van der Waals surface area contributed by atoms with E-state index in [0.717, 1.165) is 4.47 Å². The average molecular weight is 359 g/mol. The van der Waals surface area contributed by atoms with Gasteiger partial charge >= 0.3 is 0 Å². The third-order valence-electron chi connectivity index (χ3n) is 1.36. The Morgan fingerprint density at radius 2 is 2.08 bits per heavy atom. The summed E-state index contributed by atoms with van der Waals surface area (Å²) < 4.78 is 20.0. The summed E-state index contributed by atoms with van der Waals surface area (Å²) >= 11 is 5.18. The van der Waals surface area contributed by atoms with Crippen LogP contribution in [0.4, 0.5) is 4.39 Å². The van der Waals surface area contributed by atoms with Gasteiger partial charge in [-0.2, -0.15) is 0 Å². The Morgan fingerprint density at radius 1 is 1.46 bits per heavy atom. The zero-order valence-corrected chi connectivity index (χ0v) is 11.0. The van der Waals surface area contributed by atoms with Crippen LogP contribution in [0.1, 0.15) is 13.8 Å². The van der Waals surface area contributed by atoms with Crippen LogP contribution in [-0.2, 0) is 0 Å². The maximum Gasteiger partial charge on any atom is 0.179 e. The van der Waals surface area contributed by atoms with E-state index in [9.17, 15) is 4.39 Å². The van der Waals surface area contributed by atoms with Crippen LogP contribution in [0.5, 0.6) is 5.75 Å². The van der Waals surface area contributed by atoms with Gasteiger partial charge in [-0.25, -0.2) is 4.39 Å². The molecule has 1 rings (SSSR count). The fourth-order valence-corrected chi connectivity index (χ4v) is 1.60. The summed E-state index contributed by atoms with van der Waals surface area (Å²) in [6.45, 7) is 3.74. The minimum atomic E-state index is -0.302. The molecule has 0 saturated carbocycles. The number of hydrogen-bond acceptors (Lipinski definition) is 1. The molecule has 0 aliphatic rings. The van der Waals surface area contributed by atoms with Crippen LogP contribution in [0.2, 0.25) is 0 Å². The molecule has 1 nitrogen and oxygen atoms in total. The van der Waals surface area contributed by atoms with Gasteiger partial charge in [0.1, 0.15) is 0 Å². The molecule has 0 aliphatic carbocycles. The monoisotopic (exact) mass is 358 g/mol. The van der Waals surface area contributed by atoms with Crippen LogP contribution in [0.3, 0.4) is 0 Å². The van der Waals surface area contributed by atoms with Crippen molar-refractivity contribution < 1.29 is 9.13 Å². The molecule has 0 fully saturated rings. The SMILES string of the molecule is CC(C)Oc1ccc(Br)c(I)c1F. The largest absolute Gasteiger partial charge is 0.488 e. The zero-order valence-electron chi connectivity index (χ0n) is 7.27. The Labute approximate surface area is 98.9 Å². The highest BCUT2D eigenvalue weighted by Gasteiger charge is 2.11. The van der Waals surface area contributed by atoms with Gasteiger partial charge in [-0.1, -0.05) is 0 Å². The molecule has 0 aromatic heterocycles. The molecule has 4 heteroatoms. The van der Waals surface area contributed by atoms with Crippen LogP contribution in [0.25, 0.3) is 0 Å². The van der Waals surface area contributed by atoms with Crippen LogP contribution in [0, 0.1) is 9.39 Å². The molecule has 1 aromatic carbocycles. The number of halogens is 3. The van der Waals surface area contributed by atoms with Crippen molar-refractivity contribution >= 4 is 38.5 Å². The van der Waals surface area contributed by atoms with Crippen molar-refractivity contribution in [3.8, 4) is 5.75 Å². The lowest BCUT2D eigenvalue weighted by Gasteiger charge is -2.11. The van der Waals surface area contributed by atoms with Gasteiger partial charge in [0.15, 0.2) is 11.6 Å². The first-order chi connectivity index (χ1) is 6.02. The van der Waals surface area contributed by atoms with E-state index in [1.54, 1.807) is 12.1 Å². The van der Waals surface area contributed by atoms with Crippen molar-refractivity contribution in [3.05, 3.63) is 26.0 Å². The Balaban J connectivity index is 3.04. The maximum atomic E-state index is 13.5. The summed E-state index contributed by atoms with van der Waals surface area (Å²) in [4.78, 5) is 0. The number of hydrogen-bond donors (Lipinski definition) is 0. The molecule has 0 spiro atoms. The van der Waals surface area contributed by atoms with E-state index in [1.807, 2.05) is 36.4 Å². The van der Waals surface area contributed by atoms with Gasteiger partial charge in [-0.3, -0.25) is 0 Å². The van der Waals surface area contributed by atoms with E-state index in [-0.39, 0.29) is 11.9 Å². The standard InChI is InChI=1S/C9H9BrFIO/c1-5(2)13-7-4-3-6(10)9(12)8(7)11/h3-5H,1-2H3. The van der Waals surface area contributed by atoms with Gasteiger partial charge in [-0.05, 0) is 64.5 Å². The highest BCUT2D eigenvalue weighted by Crippen LogP contribution is 2.29. The minimum Gasteiger partial charge on any atom is -0.488 e. The van der Waals surface area contributed by atoms with Crippen molar-refractivity contribution in [2.45, 2.75) is 20.0 Å². The first-order valence-electron chi connectivity index (χ1n) is 3.82. The van der Waals surface area contributed by atoms with Gasteiger partial charge in [-0.15, -0.1) is 0 Å². The first-order valence-corrected chi connectivity index (χ1v) is 5.69. The van der Waals surface area contributed by atoms with Gasteiger partial charge in [0, 0.05) is 4.47 Å². The van der Waals surface area contributed by atoms with Crippen molar-refractivity contribution in [1.82, 2.24) is 0 Å². The van der Waals surface area contributed by atoms with Gasteiger partial charge in [0.05, 0.1) is 9.67 Å². The fraction of sp³-hybridized carbons (Fsp3) is 0.333. The molecule has 0 aliphatic heterocycles. The molecule has 0 heterocycles. The summed E-state index contributed by atoms with van der Waals surface area (Å²) in [5.74, 6) is 0.00581. The molecule has 0 radical (unpaired) electrons. The van der Waals surface area contributed by atoms with Crippen LogP contribution >= 0.6 is 38.5 Å². The predicted molar refractivity (Wildman–Crippen MR) is 62.6 cm³/mol. The highest BCUT2D eigenvalue weighted by molar-refractivity contribution is 14.1. The average Bonchev–Trinajstić information content (AvgIpc) is 2.06. The topological polar surface area (TPSA) is 9.23 Å². The number of benzene rings is 1. The van der Waals surface area contributed by atoms with Crippen molar-refractivity contribution in [2.75, 3.05) is 0 Å². The van der Waals surface area contributed by atoms with Gasteiger partial charge < -0.3 is 4.74 Å². The molecule has 1 aromatic rings. The fourth-order valence-electron chi connectivity index (χ4n) is 0.853. The van der Waals surface area contributed by atoms with Gasteiger partial charge in [0.2, 0.25) is 0 Å². The molecule has 72 valence electrons. The molecular weight excluding hydrogens is 350 g/mol. The van der Waals surface area contributed by atoms with E-state index in [1.165, 1.54) is 0 Å². The first kappa shape index (κ1) is 11.2. The lowest BCUT2D eigenvalue weighted by atomic mass is 10.3. The molecule has 0 unspecified atom stereocenters. The van der Waals surface area contributed by atoms with E-state index in [4.69, 9.17) is 4.74 Å². The molecule has 0 N–H and O–H groups in total. The third-order valence-corrected chi connectivity index (χ3v) is 3.82. The molecule has 0 saturated heterocycles. The Morgan fingerprint density at radius 3 is 2.62 bits per heavy atom. The summed E-state index contributed by atoms with van der Waals surface area (Å²) in [6, 6.07) is 3.41. The second-order valence-electron chi connectivity index (χ2n) is 2.84. The molecule has 0 bridgehead atoms. The predicted octanol–water partition coefficient (Wildman–Crippen LogP) is 3.98. The van der Waals surface area contributed by atoms with E-state index in [2.05, 4.69) is 15.9 Å². The number of rotatable bonds is 2. The molecule has 0 amide bonds. The normalized spacial score (nSPS) is 10.6. The Hall–Kier alpha value is 0.160. The molecule has 0 atom stereocenters. The van der Waals surface area contributed by atoms with E-state index < -0.39 is 0 Å². The van der Waals surface area contributed by atoms with Crippen LogP contribution in [0.15, 0.2) is 16.6 Å². The zero-order chi connectivity index (χ0) is 10.0. The van der Waals surface area contributed by atoms with E-state index >= 15 is 0 Å². The molecule has 13 heavy (non-hydrogen) atoms. The maximum absolute atomic E-state index is 13.5. The van der Waals surface area contributed by atoms with Crippen LogP contribution < -0.4 is 4.74 Å². The third kappa shape index (κ3) is 2.80. The number of ether oxygens (including phenoxy) is 1. The second-order valence-corrected chi connectivity index (χ2v) is 4.77.